The molecule has 1 aromatic carbocycles. The van der Waals surface area contributed by atoms with E-state index in [1.54, 1.807) is 12.1 Å². The van der Waals surface area contributed by atoms with Gasteiger partial charge in [-0.2, -0.15) is 0 Å². The van der Waals surface area contributed by atoms with Gasteiger partial charge in [0.1, 0.15) is 10.9 Å². The van der Waals surface area contributed by atoms with Crippen LogP contribution in [0, 0.1) is 23.7 Å². The van der Waals surface area contributed by atoms with E-state index >= 15 is 0 Å². The number of rotatable bonds is 6. The van der Waals surface area contributed by atoms with Crippen molar-refractivity contribution in [1.82, 2.24) is 10.5 Å². The third kappa shape index (κ3) is 5.54. The number of aliphatic hydroxyl groups excluding tert-OH is 2. The molecule has 2 aromatic rings. The molecule has 0 saturated carbocycles. The van der Waals surface area contributed by atoms with E-state index in [0.29, 0.717) is 16.1 Å². The van der Waals surface area contributed by atoms with Gasteiger partial charge in [-0.05, 0) is 43.4 Å². The maximum atomic E-state index is 12.0. The molecule has 0 unspecified atom stereocenters. The Bertz CT molecular complexity index is 1130. The lowest BCUT2D eigenvalue weighted by Crippen LogP contribution is -2.49. The average Bonchev–Trinajstić information content (AvgIpc) is 3.09. The molecule has 0 radical (unpaired) electrons. The number of aryl methyl sites for hydroxylation is 1. The molecule has 4 N–H and O–H groups in total. The van der Waals surface area contributed by atoms with Gasteiger partial charge in [-0.15, -0.1) is 11.3 Å². The molecule has 0 spiro atoms. The molecule has 154 valence electrons. The lowest BCUT2D eigenvalue weighted by molar-refractivity contribution is -0.131. The van der Waals surface area contributed by atoms with Crippen molar-refractivity contribution in [1.29, 1.82) is 0 Å². The number of carbonyl (C=O) groups excluding carboxylic acids is 1. The molecule has 2 atom stereocenters. The molecular weight excluding hydrogens is 416 g/mol. The van der Waals surface area contributed by atoms with Crippen LogP contribution in [0.1, 0.15) is 23.9 Å². The van der Waals surface area contributed by atoms with Gasteiger partial charge in [-0.25, -0.2) is 18.9 Å². The Labute approximate surface area is 172 Å². The van der Waals surface area contributed by atoms with Crippen molar-refractivity contribution in [3.8, 4) is 23.7 Å². The third-order valence-electron chi connectivity index (χ3n) is 4.33. The monoisotopic (exact) mass is 436 g/mol. The highest BCUT2D eigenvalue weighted by atomic mass is 32.2. The van der Waals surface area contributed by atoms with Gasteiger partial charge in [0.2, 0.25) is 0 Å². The maximum absolute atomic E-state index is 12.0. The summed E-state index contributed by atoms with van der Waals surface area (Å²) < 4.78 is 23.1. The second kappa shape index (κ2) is 9.35. The van der Waals surface area contributed by atoms with Crippen molar-refractivity contribution >= 4 is 37.3 Å². The number of benzene rings is 1. The molecule has 0 saturated heterocycles. The lowest BCUT2D eigenvalue weighted by Gasteiger charge is -2.24. The number of aromatic nitrogens is 1. The van der Waals surface area contributed by atoms with Gasteiger partial charge in [0, 0.05) is 18.2 Å². The third-order valence-corrected chi connectivity index (χ3v) is 7.43. The van der Waals surface area contributed by atoms with Gasteiger partial charge in [0.25, 0.3) is 5.91 Å². The zero-order chi connectivity index (χ0) is 21.7. The van der Waals surface area contributed by atoms with Gasteiger partial charge in [-0.1, -0.05) is 11.8 Å². The molecule has 0 aliphatic carbocycles. The molecule has 0 aliphatic heterocycles. The van der Waals surface area contributed by atoms with Crippen LogP contribution in [0.3, 0.4) is 0 Å². The summed E-state index contributed by atoms with van der Waals surface area (Å²) in [7, 11) is -3.76. The summed E-state index contributed by atoms with van der Waals surface area (Å²) in [5.41, 5.74) is 2.82. The summed E-state index contributed by atoms with van der Waals surface area (Å²) >= 11 is 1.35. The fraction of sp³-hybridized carbons (Fsp3) is 0.368. The summed E-state index contributed by atoms with van der Waals surface area (Å²) in [5, 5.41) is 27.3. The molecule has 1 amide bonds. The minimum absolute atomic E-state index is 0.0342. The SMILES string of the molecule is C[C@@](CCc1nc2ccc(C#CC#C[C@H](O)CO)cc2s1)(C(=O)NO)S(C)(=O)=O. The zero-order valence-electron chi connectivity index (χ0n) is 15.8. The summed E-state index contributed by atoms with van der Waals surface area (Å²) in [6, 6.07) is 5.33. The Morgan fingerprint density at radius 1 is 1.38 bits per heavy atom. The molecular formula is C19H20N2O6S2. The second-order valence-electron chi connectivity index (χ2n) is 6.45. The van der Waals surface area contributed by atoms with Crippen LogP contribution in [0.4, 0.5) is 0 Å². The number of nitrogens with one attached hydrogen (secondary N) is 1. The largest absolute Gasteiger partial charge is 0.393 e. The Hall–Kier alpha value is -2.47. The second-order valence-corrected chi connectivity index (χ2v) is 10.0. The van der Waals surface area contributed by atoms with E-state index in [1.165, 1.54) is 23.7 Å². The lowest BCUT2D eigenvalue weighted by atomic mass is 10.0. The predicted octanol–water partition coefficient (Wildman–Crippen LogP) is 0.246. The van der Waals surface area contributed by atoms with E-state index in [9.17, 15) is 13.2 Å². The van der Waals surface area contributed by atoms with Crippen molar-refractivity contribution < 1.29 is 28.6 Å². The number of carbonyl (C=O) groups is 1. The van der Waals surface area contributed by atoms with Crippen LogP contribution in [0.25, 0.3) is 10.2 Å². The Kier molecular flexibility index (Phi) is 7.36. The number of hydrogen-bond donors (Lipinski definition) is 4. The van der Waals surface area contributed by atoms with Gasteiger partial charge < -0.3 is 10.2 Å². The Balaban J connectivity index is 2.21. The molecule has 8 nitrogen and oxygen atoms in total. The smallest absolute Gasteiger partial charge is 0.264 e. The minimum Gasteiger partial charge on any atom is -0.393 e. The number of hydrogen-bond acceptors (Lipinski definition) is 8. The number of aliphatic hydroxyl groups is 2. The van der Waals surface area contributed by atoms with Crippen molar-refractivity contribution in [2.75, 3.05) is 12.9 Å². The first-order chi connectivity index (χ1) is 13.6. The average molecular weight is 437 g/mol. The van der Waals surface area contributed by atoms with Crippen molar-refractivity contribution in [3.63, 3.8) is 0 Å². The van der Waals surface area contributed by atoms with Crippen LogP contribution in [0.5, 0.6) is 0 Å². The van der Waals surface area contributed by atoms with Crippen molar-refractivity contribution in [2.24, 2.45) is 0 Å². The van der Waals surface area contributed by atoms with Crippen LogP contribution in [-0.4, -0.2) is 58.4 Å². The standard InChI is InChI=1S/C19H20N2O6S2/c1-19(18(24)21-25,29(2,26)27)10-9-17-20-15-8-7-13(11-16(15)28-17)5-3-4-6-14(23)12-22/h7-8,11,14,22-23,25H,9-10,12H2,1-2H3,(H,21,24)/t14-,19+/m0/s1. The fourth-order valence-electron chi connectivity index (χ4n) is 2.36. The first-order valence-electron chi connectivity index (χ1n) is 8.45. The highest BCUT2D eigenvalue weighted by Crippen LogP contribution is 2.28. The van der Waals surface area contributed by atoms with Gasteiger partial charge in [0.05, 0.1) is 21.8 Å². The fourth-order valence-corrected chi connectivity index (χ4v) is 4.22. The van der Waals surface area contributed by atoms with E-state index in [-0.39, 0.29) is 12.8 Å². The molecule has 0 fully saturated rings. The normalized spacial score (nSPS) is 14.1. The summed E-state index contributed by atoms with van der Waals surface area (Å²) in [4.78, 5) is 16.3. The number of sulfone groups is 1. The molecule has 0 aliphatic rings. The van der Waals surface area contributed by atoms with Crippen LogP contribution >= 0.6 is 11.3 Å². The van der Waals surface area contributed by atoms with Crippen LogP contribution < -0.4 is 5.48 Å². The zero-order valence-corrected chi connectivity index (χ0v) is 17.4. The van der Waals surface area contributed by atoms with E-state index in [1.807, 2.05) is 6.07 Å². The number of thiazole rings is 1. The van der Waals surface area contributed by atoms with Gasteiger partial charge in [-0.3, -0.25) is 10.0 Å². The molecule has 1 aromatic heterocycles. The van der Waals surface area contributed by atoms with E-state index < -0.39 is 33.2 Å². The summed E-state index contributed by atoms with van der Waals surface area (Å²) in [6.07, 6.45) is 0.0324. The molecule has 2 rings (SSSR count). The quantitative estimate of drug-likeness (QED) is 0.289. The van der Waals surface area contributed by atoms with Crippen LogP contribution in [0.2, 0.25) is 0 Å². The number of hydroxylamine groups is 1. The van der Waals surface area contributed by atoms with E-state index in [2.05, 4.69) is 28.7 Å². The van der Waals surface area contributed by atoms with Crippen LogP contribution in [-0.2, 0) is 21.1 Å². The minimum atomic E-state index is -3.76. The van der Waals surface area contributed by atoms with Crippen molar-refractivity contribution in [3.05, 3.63) is 28.8 Å². The predicted molar refractivity (Wildman–Crippen MR) is 109 cm³/mol. The molecule has 1 heterocycles. The Morgan fingerprint density at radius 2 is 2.10 bits per heavy atom. The van der Waals surface area contributed by atoms with Crippen LogP contribution in [0.15, 0.2) is 18.2 Å². The number of amides is 1. The Morgan fingerprint density at radius 3 is 2.72 bits per heavy atom. The summed E-state index contributed by atoms with van der Waals surface area (Å²) in [6.45, 7) is 0.812. The topological polar surface area (TPSA) is 137 Å². The van der Waals surface area contributed by atoms with Crippen molar-refractivity contribution in [2.45, 2.75) is 30.6 Å². The first-order valence-corrected chi connectivity index (χ1v) is 11.2. The maximum Gasteiger partial charge on any atom is 0.264 e. The molecule has 0 bridgehead atoms. The highest BCUT2D eigenvalue weighted by Gasteiger charge is 2.43. The molecule has 29 heavy (non-hydrogen) atoms. The number of nitrogens with zero attached hydrogens (tertiary/aromatic N) is 1. The van der Waals surface area contributed by atoms with Gasteiger partial charge in [0.15, 0.2) is 9.84 Å². The molecule has 10 heteroatoms. The number of fused-ring (bicyclic) bond motifs is 1. The van der Waals surface area contributed by atoms with E-state index in [0.717, 1.165) is 11.0 Å². The highest BCUT2D eigenvalue weighted by molar-refractivity contribution is 7.92. The van der Waals surface area contributed by atoms with E-state index in [4.69, 9.17) is 15.4 Å². The summed E-state index contributed by atoms with van der Waals surface area (Å²) in [5.74, 6) is 9.26. The van der Waals surface area contributed by atoms with Gasteiger partial charge >= 0.3 is 0 Å². The first kappa shape index (κ1) is 22.8.